The molecule has 0 unspecified atom stereocenters. The molecule has 1 aliphatic carbocycles. The summed E-state index contributed by atoms with van der Waals surface area (Å²) in [6.07, 6.45) is 5.89. The molecule has 0 atom stereocenters. The van der Waals surface area contributed by atoms with Gasteiger partial charge in [-0.1, -0.05) is 6.92 Å². The van der Waals surface area contributed by atoms with E-state index in [-0.39, 0.29) is 10.8 Å². The Morgan fingerprint density at radius 3 is 2.68 bits per heavy atom. The second-order valence-corrected chi connectivity index (χ2v) is 10.9. The lowest BCUT2D eigenvalue weighted by Gasteiger charge is -2.37. The first-order valence-corrected chi connectivity index (χ1v) is 12.9. The van der Waals surface area contributed by atoms with Crippen LogP contribution in [0.2, 0.25) is 0 Å². The van der Waals surface area contributed by atoms with E-state index >= 15 is 0 Å². The molecule has 2 aliphatic rings. The van der Waals surface area contributed by atoms with Crippen molar-refractivity contribution in [1.82, 2.24) is 9.29 Å². The van der Waals surface area contributed by atoms with E-state index in [9.17, 15) is 13.2 Å². The van der Waals surface area contributed by atoms with Crippen LogP contribution in [0.4, 0.5) is 10.8 Å². The van der Waals surface area contributed by atoms with Gasteiger partial charge in [0.15, 0.2) is 5.13 Å². The highest BCUT2D eigenvalue weighted by Gasteiger charge is 2.30. The molecule has 2 aromatic rings. The third-order valence-electron chi connectivity index (χ3n) is 5.95. The number of hydrogen-bond donors (Lipinski definition) is 1. The number of anilines is 2. The van der Waals surface area contributed by atoms with Crippen molar-refractivity contribution in [3.63, 3.8) is 0 Å². The largest absolute Gasteiger partial charge is 0.379 e. The van der Waals surface area contributed by atoms with E-state index in [2.05, 4.69) is 15.2 Å². The Bertz CT molecular complexity index is 1040. The summed E-state index contributed by atoms with van der Waals surface area (Å²) in [5.74, 6) is -0.350. The number of nitrogens with one attached hydrogen (secondary N) is 1. The molecule has 8 nitrogen and oxygen atoms in total. The predicted octanol–water partition coefficient (Wildman–Crippen LogP) is 2.97. The summed E-state index contributed by atoms with van der Waals surface area (Å²) in [7, 11) is -1.74. The quantitative estimate of drug-likeness (QED) is 0.677. The monoisotopic (exact) mass is 464 g/mol. The Kier molecular flexibility index (Phi) is 6.61. The molecule has 4 rings (SSSR count). The number of aryl methyl sites for hydroxylation is 1. The second kappa shape index (κ2) is 9.23. The maximum atomic E-state index is 13.2. The normalized spacial score (nSPS) is 17.9. The standard InChI is InChI=1S/C21H28N4O4S2/c1-3-16-14-22-21(30-16)23-20(26)18-13-17(31(27,28)25-9-11-29-12-10-25)7-8-19(18)24(2)15-5-4-6-15/h7-8,13-15H,3-6,9-12H2,1-2H3,(H,22,23,26). The molecule has 10 heteroatoms. The van der Waals surface area contributed by atoms with E-state index in [1.807, 2.05) is 14.0 Å². The molecule has 0 spiro atoms. The molecule has 2 fully saturated rings. The number of ether oxygens (including phenoxy) is 1. The average molecular weight is 465 g/mol. The maximum Gasteiger partial charge on any atom is 0.259 e. The van der Waals surface area contributed by atoms with Gasteiger partial charge in [0, 0.05) is 42.9 Å². The fourth-order valence-electron chi connectivity index (χ4n) is 3.76. The third-order valence-corrected chi connectivity index (χ3v) is 8.90. The molecule has 2 heterocycles. The molecule has 31 heavy (non-hydrogen) atoms. The van der Waals surface area contributed by atoms with E-state index in [0.29, 0.717) is 43.0 Å². The number of nitrogens with zero attached hydrogens (tertiary/aromatic N) is 3. The van der Waals surface area contributed by atoms with Gasteiger partial charge in [0.05, 0.1) is 23.7 Å². The summed E-state index contributed by atoms with van der Waals surface area (Å²) in [6, 6.07) is 5.21. The van der Waals surface area contributed by atoms with Gasteiger partial charge in [-0.25, -0.2) is 13.4 Å². The highest BCUT2D eigenvalue weighted by atomic mass is 32.2. The molecule has 1 amide bonds. The lowest BCUT2D eigenvalue weighted by molar-refractivity contribution is 0.0730. The van der Waals surface area contributed by atoms with Crippen LogP contribution < -0.4 is 10.2 Å². The van der Waals surface area contributed by atoms with Gasteiger partial charge in [-0.2, -0.15) is 4.31 Å². The van der Waals surface area contributed by atoms with Crippen molar-refractivity contribution in [3.8, 4) is 0 Å². The molecule has 1 N–H and O–H groups in total. The molecule has 1 aromatic carbocycles. The average Bonchev–Trinajstić information content (AvgIpc) is 3.20. The third kappa shape index (κ3) is 4.62. The highest BCUT2D eigenvalue weighted by Crippen LogP contribution is 2.33. The van der Waals surface area contributed by atoms with Gasteiger partial charge in [-0.3, -0.25) is 10.1 Å². The van der Waals surface area contributed by atoms with Crippen molar-refractivity contribution in [3.05, 3.63) is 34.8 Å². The van der Waals surface area contributed by atoms with Crippen LogP contribution in [0.1, 0.15) is 41.4 Å². The minimum atomic E-state index is -3.70. The summed E-state index contributed by atoms with van der Waals surface area (Å²) in [4.78, 5) is 20.8. The van der Waals surface area contributed by atoms with Gasteiger partial charge >= 0.3 is 0 Å². The number of hydrogen-bond acceptors (Lipinski definition) is 7. The summed E-state index contributed by atoms with van der Waals surface area (Å²) in [5.41, 5.74) is 1.08. The smallest absolute Gasteiger partial charge is 0.259 e. The Morgan fingerprint density at radius 2 is 2.06 bits per heavy atom. The van der Waals surface area contributed by atoms with Gasteiger partial charge in [0.2, 0.25) is 10.0 Å². The summed E-state index contributed by atoms with van der Waals surface area (Å²) in [5, 5.41) is 3.37. The number of carbonyl (C=O) groups is 1. The Labute approximate surface area is 187 Å². The van der Waals surface area contributed by atoms with Crippen molar-refractivity contribution < 1.29 is 17.9 Å². The zero-order valence-electron chi connectivity index (χ0n) is 17.8. The van der Waals surface area contributed by atoms with Crippen molar-refractivity contribution >= 4 is 38.1 Å². The molecule has 0 radical (unpaired) electrons. The number of amides is 1. The summed E-state index contributed by atoms with van der Waals surface area (Å²) < 4.78 is 33.0. The van der Waals surface area contributed by atoms with Crippen molar-refractivity contribution in [2.24, 2.45) is 0 Å². The van der Waals surface area contributed by atoms with E-state index in [0.717, 1.165) is 29.8 Å². The molecular weight excluding hydrogens is 436 g/mol. The van der Waals surface area contributed by atoms with Crippen molar-refractivity contribution in [2.75, 3.05) is 43.6 Å². The molecule has 1 saturated heterocycles. The van der Waals surface area contributed by atoms with Crippen LogP contribution in [0.5, 0.6) is 0 Å². The molecule has 0 bridgehead atoms. The number of morpholine rings is 1. The van der Waals surface area contributed by atoms with Crippen molar-refractivity contribution in [2.45, 2.75) is 43.5 Å². The Balaban J connectivity index is 1.68. The van der Waals surface area contributed by atoms with Crippen LogP contribution in [0, 0.1) is 0 Å². The minimum absolute atomic E-state index is 0.124. The number of thiazole rings is 1. The molecule has 1 saturated carbocycles. The Hall–Kier alpha value is -2.01. The van der Waals surface area contributed by atoms with E-state index in [4.69, 9.17) is 4.74 Å². The lowest BCUT2D eigenvalue weighted by atomic mass is 9.91. The van der Waals surface area contributed by atoms with Crippen LogP contribution in [0.3, 0.4) is 0 Å². The maximum absolute atomic E-state index is 13.2. The summed E-state index contributed by atoms with van der Waals surface area (Å²) in [6.45, 7) is 3.40. The van der Waals surface area contributed by atoms with Crippen LogP contribution in [-0.4, -0.2) is 63.0 Å². The fraction of sp³-hybridized carbons (Fsp3) is 0.524. The first kappa shape index (κ1) is 22.2. The second-order valence-electron chi connectivity index (χ2n) is 7.83. The van der Waals surface area contributed by atoms with Gasteiger partial charge in [0.25, 0.3) is 5.91 Å². The number of sulfonamides is 1. The molecule has 168 valence electrons. The number of carbonyl (C=O) groups excluding carboxylic acids is 1. The zero-order chi connectivity index (χ0) is 22.0. The van der Waals surface area contributed by atoms with Gasteiger partial charge in [-0.15, -0.1) is 11.3 Å². The fourth-order valence-corrected chi connectivity index (χ4v) is 5.95. The molecule has 1 aliphatic heterocycles. The van der Waals surface area contributed by atoms with E-state index in [1.54, 1.807) is 18.3 Å². The first-order chi connectivity index (χ1) is 14.9. The van der Waals surface area contributed by atoms with Crippen LogP contribution >= 0.6 is 11.3 Å². The minimum Gasteiger partial charge on any atom is -0.379 e. The van der Waals surface area contributed by atoms with Gasteiger partial charge in [0.1, 0.15) is 0 Å². The SMILES string of the molecule is CCc1cnc(NC(=O)c2cc(S(=O)(=O)N3CCOCC3)ccc2N(C)C2CCC2)s1. The summed E-state index contributed by atoms with van der Waals surface area (Å²) >= 11 is 1.43. The van der Waals surface area contributed by atoms with E-state index in [1.165, 1.54) is 28.1 Å². The zero-order valence-corrected chi connectivity index (χ0v) is 19.5. The Morgan fingerprint density at radius 1 is 1.32 bits per heavy atom. The van der Waals surface area contributed by atoms with E-state index < -0.39 is 10.0 Å². The van der Waals surface area contributed by atoms with Crippen LogP contribution in [0.15, 0.2) is 29.3 Å². The molecule has 1 aromatic heterocycles. The highest BCUT2D eigenvalue weighted by molar-refractivity contribution is 7.89. The van der Waals surface area contributed by atoms with Crippen LogP contribution in [0.25, 0.3) is 0 Å². The van der Waals surface area contributed by atoms with Crippen molar-refractivity contribution in [1.29, 1.82) is 0 Å². The number of rotatable bonds is 7. The number of benzene rings is 1. The first-order valence-electron chi connectivity index (χ1n) is 10.6. The topological polar surface area (TPSA) is 91.8 Å². The lowest BCUT2D eigenvalue weighted by Crippen LogP contribution is -2.41. The number of aromatic nitrogens is 1. The van der Waals surface area contributed by atoms with Crippen LogP contribution in [-0.2, 0) is 21.2 Å². The predicted molar refractivity (Wildman–Crippen MR) is 122 cm³/mol. The molecular formula is C21H28N4O4S2. The van der Waals surface area contributed by atoms with Gasteiger partial charge < -0.3 is 9.64 Å². The van der Waals surface area contributed by atoms with Gasteiger partial charge in [-0.05, 0) is 43.9 Å².